The summed E-state index contributed by atoms with van der Waals surface area (Å²) in [5.74, 6) is 5.17. The summed E-state index contributed by atoms with van der Waals surface area (Å²) in [4.78, 5) is 0. The molecule has 0 radical (unpaired) electrons. The molecule has 0 aromatic heterocycles. The predicted octanol–water partition coefficient (Wildman–Crippen LogP) is 6.05. The molecular weight excluding hydrogens is 344 g/mol. The van der Waals surface area contributed by atoms with Gasteiger partial charge in [-0.2, -0.15) is 0 Å². The molecule has 0 aromatic carbocycles. The second kappa shape index (κ2) is 7.56. The van der Waals surface area contributed by atoms with Crippen LogP contribution in [-0.2, 0) is 0 Å². The Hall–Kier alpha value is -0.0800. The van der Waals surface area contributed by atoms with E-state index in [0.717, 1.165) is 55.3 Å². The molecule has 4 unspecified atom stereocenters. The summed E-state index contributed by atoms with van der Waals surface area (Å²) in [7, 11) is 0. The number of aliphatic hydroxyl groups excluding tert-OH is 2. The van der Waals surface area contributed by atoms with Gasteiger partial charge in [-0.15, -0.1) is 0 Å². The van der Waals surface area contributed by atoms with Gasteiger partial charge in [-0.3, -0.25) is 0 Å². The van der Waals surface area contributed by atoms with E-state index in [1.807, 2.05) is 0 Å². The van der Waals surface area contributed by atoms with Crippen LogP contribution in [-0.4, -0.2) is 22.4 Å². The third kappa shape index (κ3) is 3.29. The molecule has 2 N–H and O–H groups in total. The minimum Gasteiger partial charge on any atom is -0.393 e. The smallest absolute Gasteiger partial charge is 0.0577 e. The molecule has 28 heavy (non-hydrogen) atoms. The van der Waals surface area contributed by atoms with E-state index in [4.69, 9.17) is 0 Å². The van der Waals surface area contributed by atoms with Crippen LogP contribution < -0.4 is 0 Å². The van der Waals surface area contributed by atoms with Crippen LogP contribution in [0.5, 0.6) is 0 Å². The molecule has 10 atom stereocenters. The van der Waals surface area contributed by atoms with Crippen LogP contribution in [0.2, 0.25) is 0 Å². The van der Waals surface area contributed by atoms with Crippen molar-refractivity contribution >= 4 is 0 Å². The van der Waals surface area contributed by atoms with E-state index in [1.54, 1.807) is 0 Å². The van der Waals surface area contributed by atoms with Crippen molar-refractivity contribution in [2.24, 2.45) is 52.3 Å². The van der Waals surface area contributed by atoms with Crippen molar-refractivity contribution in [3.63, 3.8) is 0 Å². The van der Waals surface area contributed by atoms with Crippen molar-refractivity contribution in [3.8, 4) is 0 Å². The van der Waals surface area contributed by atoms with Crippen molar-refractivity contribution in [1.82, 2.24) is 0 Å². The van der Waals surface area contributed by atoms with Gasteiger partial charge in [0, 0.05) is 0 Å². The fourth-order valence-corrected chi connectivity index (χ4v) is 9.05. The Morgan fingerprint density at radius 1 is 0.786 bits per heavy atom. The summed E-state index contributed by atoms with van der Waals surface area (Å²) in [6.07, 6.45) is 11.8. The molecule has 4 fully saturated rings. The predicted molar refractivity (Wildman–Crippen MR) is 116 cm³/mol. The summed E-state index contributed by atoms with van der Waals surface area (Å²) in [5, 5.41) is 21.4. The standard InChI is InChI=1S/C26H46O2/c1-16(2)6-7-17(3)20-8-9-21-19-15-24(28)23-14-18(27)10-12-26(23,5)22(19)11-13-25(20,21)4/h16-24,27-28H,6-15H2,1-5H3/t17-,18-,19?,20?,21?,22?,23+,24+,25-,26-/m1/s1. The molecule has 0 heterocycles. The zero-order chi connectivity index (χ0) is 20.3. The third-order valence-corrected chi connectivity index (χ3v) is 10.6. The van der Waals surface area contributed by atoms with Crippen LogP contribution >= 0.6 is 0 Å². The van der Waals surface area contributed by atoms with Crippen molar-refractivity contribution in [2.75, 3.05) is 0 Å². The van der Waals surface area contributed by atoms with E-state index in [-0.39, 0.29) is 17.6 Å². The summed E-state index contributed by atoms with van der Waals surface area (Å²) >= 11 is 0. The first-order chi connectivity index (χ1) is 13.2. The molecule has 2 heteroatoms. The molecule has 0 saturated heterocycles. The monoisotopic (exact) mass is 390 g/mol. The number of hydrogen-bond donors (Lipinski definition) is 2. The number of fused-ring (bicyclic) bond motifs is 5. The van der Waals surface area contributed by atoms with Gasteiger partial charge in [0.1, 0.15) is 0 Å². The molecule has 4 saturated carbocycles. The SMILES string of the molecule is CC(C)CC[C@@H](C)C1CCC2C3C[C@H](O)[C@@H]4C[C@H](O)CC[C@]4(C)C3CC[C@@]21C. The van der Waals surface area contributed by atoms with Gasteiger partial charge < -0.3 is 10.2 Å². The van der Waals surface area contributed by atoms with Gasteiger partial charge in [0.05, 0.1) is 12.2 Å². The molecule has 4 rings (SSSR count). The highest BCUT2D eigenvalue weighted by Crippen LogP contribution is 2.68. The van der Waals surface area contributed by atoms with Gasteiger partial charge in [0.25, 0.3) is 0 Å². The Balaban J connectivity index is 1.54. The fourth-order valence-electron chi connectivity index (χ4n) is 9.05. The number of aliphatic hydroxyl groups is 2. The maximum atomic E-state index is 11.1. The summed E-state index contributed by atoms with van der Waals surface area (Å²) < 4.78 is 0. The Bertz CT molecular complexity index is 559. The normalized spacial score (nSPS) is 52.1. The lowest BCUT2D eigenvalue weighted by Gasteiger charge is -2.62. The topological polar surface area (TPSA) is 40.5 Å². The van der Waals surface area contributed by atoms with E-state index < -0.39 is 0 Å². The van der Waals surface area contributed by atoms with E-state index in [1.165, 1.54) is 38.5 Å². The third-order valence-electron chi connectivity index (χ3n) is 10.6. The average Bonchev–Trinajstić information content (AvgIpc) is 2.99. The first-order valence-corrected chi connectivity index (χ1v) is 12.5. The summed E-state index contributed by atoms with van der Waals surface area (Å²) in [6, 6.07) is 0. The van der Waals surface area contributed by atoms with Crippen LogP contribution in [0.15, 0.2) is 0 Å². The van der Waals surface area contributed by atoms with Crippen LogP contribution in [0.1, 0.15) is 98.8 Å². The lowest BCUT2D eigenvalue weighted by Crippen LogP contribution is -2.58. The Morgan fingerprint density at radius 3 is 2.18 bits per heavy atom. The van der Waals surface area contributed by atoms with Crippen molar-refractivity contribution < 1.29 is 10.2 Å². The van der Waals surface area contributed by atoms with Gasteiger partial charge in [-0.05, 0) is 104 Å². The van der Waals surface area contributed by atoms with Crippen LogP contribution in [0.3, 0.4) is 0 Å². The molecular formula is C26H46O2. The minimum atomic E-state index is -0.194. The Labute approximate surface area is 173 Å². The van der Waals surface area contributed by atoms with E-state index in [9.17, 15) is 10.2 Å². The number of hydrogen-bond acceptors (Lipinski definition) is 2. The molecule has 0 spiro atoms. The fraction of sp³-hybridized carbons (Fsp3) is 1.00. The van der Waals surface area contributed by atoms with Crippen molar-refractivity contribution in [2.45, 2.75) is 111 Å². The van der Waals surface area contributed by atoms with Gasteiger partial charge in [-0.25, -0.2) is 0 Å². The molecule has 0 aromatic rings. The Morgan fingerprint density at radius 2 is 1.46 bits per heavy atom. The molecule has 0 aliphatic heterocycles. The first kappa shape index (κ1) is 21.2. The maximum absolute atomic E-state index is 11.1. The highest BCUT2D eigenvalue weighted by Gasteiger charge is 2.62. The second-order valence-electron chi connectivity index (χ2n) is 12.4. The highest BCUT2D eigenvalue weighted by molar-refractivity contribution is 5.11. The van der Waals surface area contributed by atoms with E-state index in [2.05, 4.69) is 34.6 Å². The molecule has 2 nitrogen and oxygen atoms in total. The van der Waals surface area contributed by atoms with Gasteiger partial charge in [0.15, 0.2) is 0 Å². The molecule has 0 amide bonds. The molecule has 0 bridgehead atoms. The molecule has 4 aliphatic rings. The molecule has 162 valence electrons. The lowest BCUT2D eigenvalue weighted by molar-refractivity contribution is -0.172. The highest BCUT2D eigenvalue weighted by atomic mass is 16.3. The van der Waals surface area contributed by atoms with Gasteiger partial charge in [-0.1, -0.05) is 47.5 Å². The van der Waals surface area contributed by atoms with Gasteiger partial charge in [0.2, 0.25) is 0 Å². The lowest BCUT2D eigenvalue weighted by atomic mass is 9.43. The largest absolute Gasteiger partial charge is 0.393 e. The summed E-state index contributed by atoms with van der Waals surface area (Å²) in [5.41, 5.74) is 0.749. The molecule has 4 aliphatic carbocycles. The van der Waals surface area contributed by atoms with Crippen LogP contribution in [0, 0.1) is 52.3 Å². The van der Waals surface area contributed by atoms with E-state index >= 15 is 0 Å². The summed E-state index contributed by atoms with van der Waals surface area (Å²) in [6.45, 7) is 12.4. The van der Waals surface area contributed by atoms with E-state index in [0.29, 0.717) is 17.3 Å². The van der Waals surface area contributed by atoms with Crippen molar-refractivity contribution in [1.29, 1.82) is 0 Å². The van der Waals surface area contributed by atoms with Gasteiger partial charge >= 0.3 is 0 Å². The first-order valence-electron chi connectivity index (χ1n) is 12.5. The van der Waals surface area contributed by atoms with Crippen LogP contribution in [0.25, 0.3) is 0 Å². The second-order valence-corrected chi connectivity index (χ2v) is 12.4. The number of rotatable bonds is 4. The Kier molecular flexibility index (Phi) is 5.71. The zero-order valence-electron chi connectivity index (χ0n) is 19.2. The minimum absolute atomic E-state index is 0.184. The quantitative estimate of drug-likeness (QED) is 0.613. The maximum Gasteiger partial charge on any atom is 0.0577 e. The zero-order valence-corrected chi connectivity index (χ0v) is 19.2. The van der Waals surface area contributed by atoms with Crippen LogP contribution in [0.4, 0.5) is 0 Å². The van der Waals surface area contributed by atoms with Crippen molar-refractivity contribution in [3.05, 3.63) is 0 Å². The average molecular weight is 391 g/mol.